The third-order valence-corrected chi connectivity index (χ3v) is 6.31. The minimum Gasteiger partial charge on any atom is -0.481 e. The minimum absolute atomic E-state index is 0.214. The molecule has 3 rings (SSSR count). The van der Waals surface area contributed by atoms with Crippen LogP contribution in [0, 0.1) is 0 Å². The van der Waals surface area contributed by atoms with E-state index in [1.807, 2.05) is 18.2 Å². The molecule has 1 aliphatic rings. The number of carboxylic acids is 1. The summed E-state index contributed by atoms with van der Waals surface area (Å²) < 4.78 is 57.3. The highest BCUT2D eigenvalue weighted by molar-refractivity contribution is 8.00. The normalized spacial score (nSPS) is 20.1. The van der Waals surface area contributed by atoms with E-state index in [1.54, 1.807) is 11.8 Å². The van der Waals surface area contributed by atoms with Crippen molar-refractivity contribution in [3.8, 4) is 0 Å². The Labute approximate surface area is 158 Å². The molecular weight excluding hydrogens is 405 g/mol. The van der Waals surface area contributed by atoms with Gasteiger partial charge < -0.3 is 5.11 Å². The van der Waals surface area contributed by atoms with Crippen molar-refractivity contribution in [3.05, 3.63) is 48.0 Å². The van der Waals surface area contributed by atoms with E-state index >= 15 is 0 Å². The summed E-state index contributed by atoms with van der Waals surface area (Å²) in [5.41, 5.74) is -4.34. The Morgan fingerprint density at radius 3 is 2.26 bits per heavy atom. The molecule has 0 saturated carbocycles. The zero-order valence-electron chi connectivity index (χ0n) is 13.9. The SMILES string of the molecule is O=C(O)CC1(c2cccc3ccccc23)CCCS1.O=S(=O)(O)C(F)(F)F. The predicted molar refractivity (Wildman–Crippen MR) is 97.2 cm³/mol. The zero-order chi connectivity index (χ0) is 20.3. The zero-order valence-corrected chi connectivity index (χ0v) is 15.6. The van der Waals surface area contributed by atoms with E-state index in [0.717, 1.165) is 18.6 Å². The largest absolute Gasteiger partial charge is 0.522 e. The van der Waals surface area contributed by atoms with Crippen molar-refractivity contribution in [1.82, 2.24) is 0 Å². The number of carboxylic acid groups (broad SMARTS) is 1. The minimum atomic E-state index is -5.84. The molecule has 5 nitrogen and oxygen atoms in total. The molecule has 1 saturated heterocycles. The van der Waals surface area contributed by atoms with E-state index < -0.39 is 21.6 Å². The van der Waals surface area contributed by atoms with Crippen LogP contribution in [0.2, 0.25) is 0 Å². The van der Waals surface area contributed by atoms with Crippen LogP contribution < -0.4 is 0 Å². The van der Waals surface area contributed by atoms with Crippen LogP contribution in [0.5, 0.6) is 0 Å². The van der Waals surface area contributed by atoms with Crippen molar-refractivity contribution in [1.29, 1.82) is 0 Å². The van der Waals surface area contributed by atoms with Gasteiger partial charge in [0.25, 0.3) is 0 Å². The second-order valence-electron chi connectivity index (χ2n) is 5.96. The van der Waals surface area contributed by atoms with E-state index in [9.17, 15) is 23.1 Å². The Morgan fingerprint density at radius 2 is 1.74 bits per heavy atom. The number of alkyl halides is 3. The van der Waals surface area contributed by atoms with Crippen molar-refractivity contribution in [3.63, 3.8) is 0 Å². The molecule has 27 heavy (non-hydrogen) atoms. The average Bonchev–Trinajstić information content (AvgIpc) is 3.02. The fraction of sp³-hybridized carbons (Fsp3) is 0.353. The molecule has 1 aliphatic heterocycles. The maximum absolute atomic E-state index is 11.3. The molecule has 2 N–H and O–H groups in total. The highest BCUT2D eigenvalue weighted by atomic mass is 32.2. The molecule has 0 radical (unpaired) electrons. The van der Waals surface area contributed by atoms with Crippen LogP contribution in [0.15, 0.2) is 42.5 Å². The van der Waals surface area contributed by atoms with Gasteiger partial charge in [0.1, 0.15) is 0 Å². The Balaban J connectivity index is 0.000000279. The van der Waals surface area contributed by atoms with Crippen molar-refractivity contribution >= 4 is 38.6 Å². The number of benzene rings is 2. The molecule has 0 amide bonds. The van der Waals surface area contributed by atoms with Gasteiger partial charge in [0.2, 0.25) is 0 Å². The van der Waals surface area contributed by atoms with Crippen LogP contribution in [0.4, 0.5) is 13.2 Å². The van der Waals surface area contributed by atoms with Gasteiger partial charge in [0.05, 0.1) is 11.2 Å². The van der Waals surface area contributed by atoms with Gasteiger partial charge in [-0.05, 0) is 34.9 Å². The fourth-order valence-electron chi connectivity index (χ4n) is 3.01. The number of fused-ring (bicyclic) bond motifs is 1. The maximum atomic E-state index is 11.3. The molecule has 2 aromatic rings. The number of thioether (sulfide) groups is 1. The first-order chi connectivity index (χ1) is 12.5. The van der Waals surface area contributed by atoms with Gasteiger partial charge >= 0.3 is 21.6 Å². The van der Waals surface area contributed by atoms with E-state index in [1.165, 1.54) is 16.3 Å². The molecule has 0 bridgehead atoms. The standard InChI is InChI=1S/C16H16O2S.CHF3O3S/c17-15(18)11-16(9-4-10-19-16)14-8-3-6-12-5-1-2-7-13(12)14;2-1(3,4)8(5,6)7/h1-3,5-8H,4,9-11H2,(H,17,18);(H,5,6,7). The Morgan fingerprint density at radius 1 is 1.15 bits per heavy atom. The molecule has 148 valence electrons. The molecule has 2 aromatic carbocycles. The summed E-state index contributed by atoms with van der Waals surface area (Å²) in [5, 5.41) is 11.6. The number of hydrogen-bond donors (Lipinski definition) is 2. The molecule has 1 atom stereocenters. The maximum Gasteiger partial charge on any atom is 0.522 e. The predicted octanol–water partition coefficient (Wildman–Crippen LogP) is 4.43. The lowest BCUT2D eigenvalue weighted by atomic mass is 9.87. The summed E-state index contributed by atoms with van der Waals surface area (Å²) in [4.78, 5) is 11.3. The van der Waals surface area contributed by atoms with E-state index in [0.29, 0.717) is 0 Å². The quantitative estimate of drug-likeness (QED) is 0.562. The van der Waals surface area contributed by atoms with E-state index in [4.69, 9.17) is 13.0 Å². The molecule has 1 heterocycles. The smallest absolute Gasteiger partial charge is 0.481 e. The number of carbonyl (C=O) groups is 1. The molecule has 1 unspecified atom stereocenters. The Bertz CT molecular complexity index is 914. The van der Waals surface area contributed by atoms with E-state index in [-0.39, 0.29) is 11.2 Å². The summed E-state index contributed by atoms with van der Waals surface area (Å²) >= 11 is 1.81. The summed E-state index contributed by atoms with van der Waals surface area (Å²) in [5.74, 6) is 0.346. The second kappa shape index (κ2) is 8.07. The summed E-state index contributed by atoms with van der Waals surface area (Å²) in [7, 11) is -5.84. The van der Waals surface area contributed by atoms with Gasteiger partial charge in [-0.25, -0.2) is 0 Å². The van der Waals surface area contributed by atoms with Crippen molar-refractivity contribution < 1.29 is 36.0 Å². The highest BCUT2D eigenvalue weighted by Crippen LogP contribution is 2.51. The van der Waals surface area contributed by atoms with Crippen LogP contribution in [0.1, 0.15) is 24.8 Å². The van der Waals surface area contributed by atoms with Crippen LogP contribution >= 0.6 is 11.8 Å². The van der Waals surface area contributed by atoms with Gasteiger partial charge in [0.15, 0.2) is 0 Å². The highest BCUT2D eigenvalue weighted by Gasteiger charge is 2.44. The monoisotopic (exact) mass is 422 g/mol. The molecule has 1 fully saturated rings. The molecule has 10 heteroatoms. The number of halogens is 3. The lowest BCUT2D eigenvalue weighted by molar-refractivity contribution is -0.137. The van der Waals surface area contributed by atoms with Gasteiger partial charge in [0, 0.05) is 0 Å². The first-order valence-electron chi connectivity index (χ1n) is 7.84. The molecular formula is C17H17F3O5S2. The van der Waals surface area contributed by atoms with Gasteiger partial charge in [-0.2, -0.15) is 21.6 Å². The summed E-state index contributed by atoms with van der Waals surface area (Å²) in [6.07, 6.45) is 2.27. The first-order valence-corrected chi connectivity index (χ1v) is 10.3. The molecule has 0 aromatic heterocycles. The Hall–Kier alpha value is -1.78. The third-order valence-electron chi connectivity index (χ3n) is 4.11. The average molecular weight is 422 g/mol. The fourth-order valence-corrected chi connectivity index (χ4v) is 4.54. The number of hydrogen-bond acceptors (Lipinski definition) is 4. The number of aliphatic carboxylic acids is 1. The van der Waals surface area contributed by atoms with Crippen LogP contribution in [0.25, 0.3) is 10.8 Å². The number of rotatable bonds is 3. The van der Waals surface area contributed by atoms with Crippen molar-refractivity contribution in [2.24, 2.45) is 0 Å². The lowest BCUT2D eigenvalue weighted by Crippen LogP contribution is -2.23. The van der Waals surface area contributed by atoms with Gasteiger partial charge in [-0.3, -0.25) is 9.35 Å². The van der Waals surface area contributed by atoms with Crippen LogP contribution in [0.3, 0.4) is 0 Å². The summed E-state index contributed by atoms with van der Waals surface area (Å²) in [6.45, 7) is 0. The summed E-state index contributed by atoms with van der Waals surface area (Å²) in [6, 6.07) is 14.5. The van der Waals surface area contributed by atoms with E-state index in [2.05, 4.69) is 24.3 Å². The second-order valence-corrected chi connectivity index (χ2v) is 8.86. The molecule has 0 aliphatic carbocycles. The van der Waals surface area contributed by atoms with Gasteiger partial charge in [-0.1, -0.05) is 42.5 Å². The molecule has 0 spiro atoms. The van der Waals surface area contributed by atoms with Crippen LogP contribution in [-0.2, 0) is 19.7 Å². The first kappa shape index (κ1) is 21.5. The Kier molecular flexibility index (Phi) is 6.43. The lowest BCUT2D eigenvalue weighted by Gasteiger charge is -2.28. The topological polar surface area (TPSA) is 91.7 Å². The van der Waals surface area contributed by atoms with Crippen molar-refractivity contribution in [2.75, 3.05) is 5.75 Å². The van der Waals surface area contributed by atoms with Crippen molar-refractivity contribution in [2.45, 2.75) is 29.5 Å². The third kappa shape index (κ3) is 5.14. The van der Waals surface area contributed by atoms with Gasteiger partial charge in [-0.15, -0.1) is 11.8 Å². The van der Waals surface area contributed by atoms with Crippen LogP contribution in [-0.4, -0.2) is 35.3 Å².